The summed E-state index contributed by atoms with van der Waals surface area (Å²) in [7, 11) is 0. The Bertz CT molecular complexity index is 746. The van der Waals surface area contributed by atoms with E-state index in [9.17, 15) is 4.79 Å². The smallest absolute Gasteiger partial charge is 0.221 e. The van der Waals surface area contributed by atoms with Crippen LogP contribution in [-0.2, 0) is 11.3 Å². The number of nitrogens with one attached hydrogen (secondary N) is 1. The van der Waals surface area contributed by atoms with Crippen molar-refractivity contribution in [1.82, 2.24) is 9.88 Å². The van der Waals surface area contributed by atoms with Crippen LogP contribution in [-0.4, -0.2) is 28.9 Å². The summed E-state index contributed by atoms with van der Waals surface area (Å²) in [5.74, 6) is 1.76. The lowest BCUT2D eigenvalue weighted by atomic mass is 9.78. The van der Waals surface area contributed by atoms with Crippen molar-refractivity contribution in [1.29, 1.82) is 0 Å². The second kappa shape index (κ2) is 6.52. The molecule has 2 fully saturated rings. The number of pyridine rings is 1. The van der Waals surface area contributed by atoms with E-state index in [0.717, 1.165) is 40.7 Å². The van der Waals surface area contributed by atoms with E-state index in [1.807, 2.05) is 18.2 Å². The molecule has 2 aliphatic rings. The molecular formula is C20H25N3O. The molecule has 4 nitrogen and oxygen atoms in total. The number of benzene rings is 1. The Balaban J connectivity index is 1.49. The quantitative estimate of drug-likeness (QED) is 0.934. The van der Waals surface area contributed by atoms with Crippen LogP contribution in [0.5, 0.6) is 0 Å². The first-order chi connectivity index (χ1) is 11.7. The molecule has 126 valence electrons. The van der Waals surface area contributed by atoms with Crippen molar-refractivity contribution in [3.63, 3.8) is 0 Å². The van der Waals surface area contributed by atoms with Crippen molar-refractivity contribution in [3.8, 4) is 0 Å². The third kappa shape index (κ3) is 3.44. The fraction of sp³-hybridized carbons (Fsp3) is 0.500. The van der Waals surface area contributed by atoms with Crippen molar-refractivity contribution in [2.45, 2.75) is 39.2 Å². The predicted molar refractivity (Wildman–Crippen MR) is 96.8 cm³/mol. The molecule has 2 bridgehead atoms. The maximum Gasteiger partial charge on any atom is 0.221 e. The van der Waals surface area contributed by atoms with Gasteiger partial charge in [-0.05, 0) is 55.4 Å². The molecule has 2 atom stereocenters. The van der Waals surface area contributed by atoms with Gasteiger partial charge in [-0.15, -0.1) is 0 Å². The number of amides is 1. The molecule has 1 saturated heterocycles. The Kier molecular flexibility index (Phi) is 4.23. The highest BCUT2D eigenvalue weighted by Gasteiger charge is 2.30. The van der Waals surface area contributed by atoms with Crippen molar-refractivity contribution < 1.29 is 4.79 Å². The first-order valence-corrected chi connectivity index (χ1v) is 9.05. The first-order valence-electron chi connectivity index (χ1n) is 9.05. The summed E-state index contributed by atoms with van der Waals surface area (Å²) in [4.78, 5) is 18.6. The lowest BCUT2D eigenvalue weighted by Gasteiger charge is -2.41. The van der Waals surface area contributed by atoms with Gasteiger partial charge < -0.3 is 5.32 Å². The standard InChI is InChI=1S/C20H25N3O/c1-14(24)21-18-7-8-20-17(10-18)5-6-19(22-20)13-23-11-15-3-2-4-16(9-15)12-23/h5-8,10,15-16H,2-4,9,11-13H2,1H3,(H,21,24). The number of nitrogens with zero attached hydrogens (tertiary/aromatic N) is 2. The minimum atomic E-state index is -0.0467. The van der Waals surface area contributed by atoms with Crippen molar-refractivity contribution in [3.05, 3.63) is 36.0 Å². The van der Waals surface area contributed by atoms with Crippen LogP contribution in [0.15, 0.2) is 30.3 Å². The molecule has 0 spiro atoms. The monoisotopic (exact) mass is 323 g/mol. The maximum absolute atomic E-state index is 11.2. The summed E-state index contributed by atoms with van der Waals surface area (Å²) in [5, 5.41) is 3.89. The minimum Gasteiger partial charge on any atom is -0.326 e. The average Bonchev–Trinajstić information content (AvgIpc) is 2.54. The molecule has 1 aromatic heterocycles. The molecule has 4 heteroatoms. The van der Waals surface area contributed by atoms with E-state index in [1.165, 1.54) is 45.7 Å². The number of hydrogen-bond acceptors (Lipinski definition) is 3. The van der Waals surface area contributed by atoms with Crippen LogP contribution in [0.2, 0.25) is 0 Å². The summed E-state index contributed by atoms with van der Waals surface area (Å²) in [5.41, 5.74) is 2.97. The van der Waals surface area contributed by atoms with E-state index in [-0.39, 0.29) is 5.91 Å². The summed E-state index contributed by atoms with van der Waals surface area (Å²) in [6, 6.07) is 10.2. The molecule has 1 N–H and O–H groups in total. The van der Waals surface area contributed by atoms with E-state index in [0.29, 0.717) is 0 Å². The highest BCUT2D eigenvalue weighted by Crippen LogP contribution is 2.34. The third-order valence-corrected chi connectivity index (χ3v) is 5.38. The predicted octanol–water partition coefficient (Wildman–Crippen LogP) is 3.82. The number of rotatable bonds is 3. The zero-order valence-corrected chi connectivity index (χ0v) is 14.3. The fourth-order valence-corrected chi connectivity index (χ4v) is 4.43. The number of fused-ring (bicyclic) bond motifs is 3. The van der Waals surface area contributed by atoms with Crippen LogP contribution >= 0.6 is 0 Å². The number of hydrogen-bond donors (Lipinski definition) is 1. The van der Waals surface area contributed by atoms with Gasteiger partial charge in [-0.1, -0.05) is 12.5 Å². The van der Waals surface area contributed by atoms with Crippen LogP contribution in [0, 0.1) is 11.8 Å². The van der Waals surface area contributed by atoms with Crippen LogP contribution in [0.3, 0.4) is 0 Å². The largest absolute Gasteiger partial charge is 0.326 e. The van der Waals surface area contributed by atoms with Gasteiger partial charge in [-0.2, -0.15) is 0 Å². The van der Waals surface area contributed by atoms with E-state index in [1.54, 1.807) is 0 Å². The normalized spacial score (nSPS) is 24.0. The zero-order valence-electron chi connectivity index (χ0n) is 14.3. The Labute approximate surface area is 143 Å². The lowest BCUT2D eigenvalue weighted by molar-refractivity contribution is -0.114. The molecule has 1 amide bonds. The molecule has 4 rings (SSSR count). The van der Waals surface area contributed by atoms with E-state index >= 15 is 0 Å². The Morgan fingerprint density at radius 1 is 1.21 bits per heavy atom. The molecule has 24 heavy (non-hydrogen) atoms. The van der Waals surface area contributed by atoms with Gasteiger partial charge in [0.25, 0.3) is 0 Å². The van der Waals surface area contributed by atoms with E-state index < -0.39 is 0 Å². The van der Waals surface area contributed by atoms with Gasteiger partial charge in [0, 0.05) is 37.6 Å². The Morgan fingerprint density at radius 2 is 2.00 bits per heavy atom. The van der Waals surface area contributed by atoms with E-state index in [4.69, 9.17) is 4.98 Å². The van der Waals surface area contributed by atoms with Crippen molar-refractivity contribution in [2.75, 3.05) is 18.4 Å². The molecule has 1 aromatic carbocycles. The molecular weight excluding hydrogens is 298 g/mol. The summed E-state index contributed by atoms with van der Waals surface area (Å²) < 4.78 is 0. The van der Waals surface area contributed by atoms with Crippen LogP contribution in [0.25, 0.3) is 10.9 Å². The maximum atomic E-state index is 11.2. The van der Waals surface area contributed by atoms with Gasteiger partial charge >= 0.3 is 0 Å². The second-order valence-corrected chi connectivity index (χ2v) is 7.48. The second-order valence-electron chi connectivity index (χ2n) is 7.48. The zero-order chi connectivity index (χ0) is 16.5. The SMILES string of the molecule is CC(=O)Nc1ccc2nc(CN3CC4CCCC(C4)C3)ccc2c1. The molecule has 2 unspecified atom stereocenters. The first kappa shape index (κ1) is 15.6. The van der Waals surface area contributed by atoms with E-state index in [2.05, 4.69) is 22.3 Å². The highest BCUT2D eigenvalue weighted by molar-refractivity contribution is 5.92. The summed E-state index contributed by atoms with van der Waals surface area (Å²) >= 11 is 0. The number of anilines is 1. The van der Waals surface area contributed by atoms with Gasteiger partial charge in [0.05, 0.1) is 11.2 Å². The van der Waals surface area contributed by atoms with Gasteiger partial charge in [0.15, 0.2) is 0 Å². The van der Waals surface area contributed by atoms with Gasteiger partial charge in [0.2, 0.25) is 5.91 Å². The topological polar surface area (TPSA) is 45.2 Å². The number of aromatic nitrogens is 1. The fourth-order valence-electron chi connectivity index (χ4n) is 4.43. The molecule has 1 aliphatic carbocycles. The molecule has 2 heterocycles. The molecule has 1 aliphatic heterocycles. The average molecular weight is 323 g/mol. The lowest BCUT2D eigenvalue weighted by Crippen LogP contribution is -2.42. The van der Waals surface area contributed by atoms with Crippen molar-refractivity contribution >= 4 is 22.5 Å². The molecule has 0 radical (unpaired) electrons. The third-order valence-electron chi connectivity index (χ3n) is 5.38. The van der Waals surface area contributed by atoms with Crippen LogP contribution in [0.4, 0.5) is 5.69 Å². The summed E-state index contributed by atoms with van der Waals surface area (Å²) in [6.45, 7) is 4.95. The highest BCUT2D eigenvalue weighted by atomic mass is 16.1. The number of likely N-dealkylation sites (tertiary alicyclic amines) is 1. The molecule has 2 aromatic rings. The number of carbonyl (C=O) groups is 1. The van der Waals surface area contributed by atoms with Crippen LogP contribution < -0.4 is 5.32 Å². The Hall–Kier alpha value is -1.94. The minimum absolute atomic E-state index is 0.0467. The number of piperidine rings is 1. The van der Waals surface area contributed by atoms with Gasteiger partial charge in [0.1, 0.15) is 0 Å². The van der Waals surface area contributed by atoms with Crippen molar-refractivity contribution in [2.24, 2.45) is 11.8 Å². The molecule has 1 saturated carbocycles. The van der Waals surface area contributed by atoms with Gasteiger partial charge in [-0.3, -0.25) is 14.7 Å². The summed E-state index contributed by atoms with van der Waals surface area (Å²) in [6.07, 6.45) is 5.68. The van der Waals surface area contributed by atoms with Gasteiger partial charge in [-0.25, -0.2) is 0 Å². The Morgan fingerprint density at radius 3 is 2.75 bits per heavy atom. The number of carbonyl (C=O) groups excluding carboxylic acids is 1. The van der Waals surface area contributed by atoms with Crippen LogP contribution in [0.1, 0.15) is 38.3 Å².